The van der Waals surface area contributed by atoms with Crippen LogP contribution in [0.15, 0.2) is 46.3 Å². The number of anilines is 1. The lowest BCUT2D eigenvalue weighted by atomic mass is 10.3. The number of hydrogen-bond donors (Lipinski definition) is 2. The van der Waals surface area contributed by atoms with E-state index in [2.05, 4.69) is 19.8 Å². The fourth-order valence-electron chi connectivity index (χ4n) is 2.10. The minimum Gasteiger partial charge on any atom is -0.494 e. The number of hydrogen-bond acceptors (Lipinski definition) is 6. The number of benzene rings is 2. The molecule has 1 aliphatic rings. The third-order valence-electron chi connectivity index (χ3n) is 3.07. The lowest BCUT2D eigenvalue weighted by molar-refractivity contribution is -0.274. The van der Waals surface area contributed by atoms with Gasteiger partial charge in [0.25, 0.3) is 0 Å². The highest BCUT2D eigenvalue weighted by Crippen LogP contribution is 2.42. The summed E-state index contributed by atoms with van der Waals surface area (Å²) in [5.74, 6) is 0.324. The topological polar surface area (TPSA) is 54.9 Å². The highest BCUT2D eigenvalue weighted by atomic mass is 35.5. The number of alkyl halides is 3. The number of methoxy groups -OCH3 is 1. The van der Waals surface area contributed by atoms with Gasteiger partial charge in [0.15, 0.2) is 5.75 Å². The molecule has 0 unspecified atom stereocenters. The van der Waals surface area contributed by atoms with Crippen LogP contribution in [0.5, 0.6) is 11.5 Å². The van der Waals surface area contributed by atoms with Crippen molar-refractivity contribution in [3.8, 4) is 11.5 Å². The van der Waals surface area contributed by atoms with Gasteiger partial charge >= 0.3 is 6.36 Å². The minimum atomic E-state index is -4.79. The van der Waals surface area contributed by atoms with E-state index in [-0.39, 0.29) is 17.4 Å². The number of nitrogens with zero attached hydrogens (tertiary/aromatic N) is 1. The number of halogens is 4. The van der Waals surface area contributed by atoms with Gasteiger partial charge in [-0.05, 0) is 30.1 Å². The second-order valence-corrected chi connectivity index (χ2v) is 6.07. The Morgan fingerprint density at radius 2 is 1.96 bits per heavy atom. The fourth-order valence-corrected chi connectivity index (χ4v) is 3.10. The van der Waals surface area contributed by atoms with Gasteiger partial charge in [0.1, 0.15) is 11.4 Å². The maximum absolute atomic E-state index is 12.5. The van der Waals surface area contributed by atoms with Gasteiger partial charge in [-0.1, -0.05) is 23.7 Å². The summed E-state index contributed by atoms with van der Waals surface area (Å²) >= 11 is 7.21. The second kappa shape index (κ2) is 6.93. The first-order valence-corrected chi connectivity index (χ1v) is 8.06. The molecule has 2 aromatic rings. The van der Waals surface area contributed by atoms with Crippen molar-refractivity contribution in [1.29, 1.82) is 0 Å². The smallest absolute Gasteiger partial charge is 0.494 e. The molecule has 0 fully saturated rings. The van der Waals surface area contributed by atoms with Crippen LogP contribution in [0.3, 0.4) is 0 Å². The number of guanidine groups is 1. The minimum absolute atomic E-state index is 0.114. The van der Waals surface area contributed by atoms with E-state index in [0.717, 1.165) is 4.90 Å². The van der Waals surface area contributed by atoms with Crippen LogP contribution in [-0.4, -0.2) is 19.4 Å². The number of nitrogens with one attached hydrogen (secondary N) is 2. The Bertz CT molecular complexity index is 830. The molecule has 25 heavy (non-hydrogen) atoms. The van der Waals surface area contributed by atoms with Crippen LogP contribution in [0, 0.1) is 0 Å². The summed E-state index contributed by atoms with van der Waals surface area (Å²) in [5.41, 5.74) is 0.635. The molecular formula is C15H11ClF3N3O2S. The zero-order valence-corrected chi connectivity index (χ0v) is 14.2. The van der Waals surface area contributed by atoms with E-state index < -0.39 is 6.36 Å². The molecule has 0 bridgehead atoms. The highest BCUT2D eigenvalue weighted by molar-refractivity contribution is 7.98. The zero-order chi connectivity index (χ0) is 18.0. The van der Waals surface area contributed by atoms with Crippen molar-refractivity contribution in [1.82, 2.24) is 4.72 Å². The summed E-state index contributed by atoms with van der Waals surface area (Å²) in [5, 5.41) is 3.27. The first-order chi connectivity index (χ1) is 11.9. The summed E-state index contributed by atoms with van der Waals surface area (Å²) in [6.07, 6.45) is -4.79. The average molecular weight is 390 g/mol. The van der Waals surface area contributed by atoms with Crippen molar-refractivity contribution in [3.05, 3.63) is 41.4 Å². The number of para-hydroxylation sites is 2. The summed E-state index contributed by atoms with van der Waals surface area (Å²) in [7, 11) is 1.48. The zero-order valence-electron chi connectivity index (χ0n) is 12.6. The molecule has 10 heteroatoms. The SMILES string of the molecule is COc1cc(Cl)cc2c1N=C(Nc1ccccc1OC(F)(F)F)NS2. The predicted molar refractivity (Wildman–Crippen MR) is 90.8 cm³/mol. The van der Waals surface area contributed by atoms with Gasteiger partial charge in [-0.15, -0.1) is 13.2 Å². The molecule has 2 aromatic carbocycles. The second-order valence-electron chi connectivity index (χ2n) is 4.79. The normalized spacial score (nSPS) is 13.4. The molecular weight excluding hydrogens is 379 g/mol. The van der Waals surface area contributed by atoms with Gasteiger partial charge in [-0.2, -0.15) is 0 Å². The first-order valence-electron chi connectivity index (χ1n) is 6.86. The summed E-state index contributed by atoms with van der Waals surface area (Å²) in [6.45, 7) is 0. The number of aliphatic imine (C=N–C) groups is 1. The third kappa shape index (κ3) is 4.23. The molecule has 0 saturated carbocycles. The molecule has 2 N–H and O–H groups in total. The van der Waals surface area contributed by atoms with Gasteiger partial charge in [0.05, 0.1) is 17.7 Å². The molecule has 0 spiro atoms. The van der Waals surface area contributed by atoms with Crippen LogP contribution in [0.1, 0.15) is 0 Å². The summed E-state index contributed by atoms with van der Waals surface area (Å²) in [4.78, 5) is 5.07. The van der Waals surface area contributed by atoms with Crippen LogP contribution in [0.25, 0.3) is 0 Å². The van der Waals surface area contributed by atoms with Crippen LogP contribution in [-0.2, 0) is 0 Å². The van der Waals surface area contributed by atoms with Gasteiger partial charge in [0.2, 0.25) is 5.96 Å². The third-order valence-corrected chi connectivity index (χ3v) is 4.12. The van der Waals surface area contributed by atoms with E-state index in [0.29, 0.717) is 16.5 Å². The molecule has 1 heterocycles. The molecule has 5 nitrogen and oxygen atoms in total. The van der Waals surface area contributed by atoms with E-state index in [4.69, 9.17) is 16.3 Å². The molecule has 0 radical (unpaired) electrons. The molecule has 132 valence electrons. The number of fused-ring (bicyclic) bond motifs is 1. The molecule has 0 aliphatic carbocycles. The monoisotopic (exact) mass is 389 g/mol. The fraction of sp³-hybridized carbons (Fsp3) is 0.133. The Kier molecular flexibility index (Phi) is 4.87. The van der Waals surface area contributed by atoms with Gasteiger partial charge in [-0.25, -0.2) is 4.99 Å². The Hall–Kier alpha value is -2.26. The van der Waals surface area contributed by atoms with Crippen molar-refractivity contribution in [3.63, 3.8) is 0 Å². The maximum Gasteiger partial charge on any atom is 0.573 e. The largest absolute Gasteiger partial charge is 0.573 e. The number of ether oxygens (including phenoxy) is 2. The Morgan fingerprint density at radius 3 is 2.68 bits per heavy atom. The lowest BCUT2D eigenvalue weighted by Crippen LogP contribution is -2.28. The van der Waals surface area contributed by atoms with Crippen molar-refractivity contribution >= 4 is 40.9 Å². The van der Waals surface area contributed by atoms with E-state index in [1.165, 1.54) is 37.3 Å². The van der Waals surface area contributed by atoms with Crippen LogP contribution in [0.2, 0.25) is 5.02 Å². The van der Waals surface area contributed by atoms with E-state index in [9.17, 15) is 13.2 Å². The average Bonchev–Trinajstić information content (AvgIpc) is 2.55. The molecule has 3 rings (SSSR count). The Labute approximate surface area is 150 Å². The van der Waals surface area contributed by atoms with Gasteiger partial charge in [-0.3, -0.25) is 4.72 Å². The van der Waals surface area contributed by atoms with Crippen molar-refractivity contribution < 1.29 is 22.6 Å². The summed E-state index contributed by atoms with van der Waals surface area (Å²) in [6, 6.07) is 8.99. The first kappa shape index (κ1) is 17.6. The molecule has 1 aliphatic heterocycles. The Morgan fingerprint density at radius 1 is 1.20 bits per heavy atom. The molecule has 0 aromatic heterocycles. The lowest BCUT2D eigenvalue weighted by Gasteiger charge is -2.21. The van der Waals surface area contributed by atoms with Crippen molar-refractivity contribution in [2.75, 3.05) is 12.4 Å². The Balaban J connectivity index is 1.90. The van der Waals surface area contributed by atoms with Crippen LogP contribution >= 0.6 is 23.5 Å². The van der Waals surface area contributed by atoms with Gasteiger partial charge in [0, 0.05) is 11.1 Å². The molecule has 0 amide bonds. The van der Waals surface area contributed by atoms with Crippen molar-refractivity contribution in [2.45, 2.75) is 11.3 Å². The van der Waals surface area contributed by atoms with E-state index in [1.54, 1.807) is 18.2 Å². The highest BCUT2D eigenvalue weighted by Gasteiger charge is 2.32. The molecule has 0 atom stereocenters. The maximum atomic E-state index is 12.5. The van der Waals surface area contributed by atoms with Crippen LogP contribution < -0.4 is 19.5 Å². The van der Waals surface area contributed by atoms with E-state index in [1.807, 2.05) is 0 Å². The summed E-state index contributed by atoms with van der Waals surface area (Å²) < 4.78 is 49.7. The molecule has 0 saturated heterocycles. The van der Waals surface area contributed by atoms with Crippen LogP contribution in [0.4, 0.5) is 24.5 Å². The van der Waals surface area contributed by atoms with Gasteiger partial charge < -0.3 is 14.8 Å². The standard InChI is InChI=1S/C15H11ClF3N3O2S/c1-23-11-6-8(16)7-12-13(11)21-14(22-25-12)20-9-4-2-3-5-10(9)24-15(17,18)19/h2-7H,1H3,(H2,20,21,22). The van der Waals surface area contributed by atoms with E-state index >= 15 is 0 Å². The predicted octanol–water partition coefficient (Wildman–Crippen LogP) is 4.96. The van der Waals surface area contributed by atoms with Crippen molar-refractivity contribution in [2.24, 2.45) is 4.99 Å². The quantitative estimate of drug-likeness (QED) is 0.727. The number of rotatable bonds is 3.